The summed E-state index contributed by atoms with van der Waals surface area (Å²) in [6, 6.07) is 9.73. The van der Waals surface area contributed by atoms with Crippen LogP contribution in [0.1, 0.15) is 28.6 Å². The molecule has 0 unspecified atom stereocenters. The summed E-state index contributed by atoms with van der Waals surface area (Å²) in [5, 5.41) is 15.0. The van der Waals surface area contributed by atoms with Crippen LogP contribution >= 0.6 is 0 Å². The predicted molar refractivity (Wildman–Crippen MR) is 99.6 cm³/mol. The van der Waals surface area contributed by atoms with Crippen LogP contribution in [0.25, 0.3) is 0 Å². The minimum atomic E-state index is -0.333. The maximum Gasteiger partial charge on any atom is 0.319 e. The first-order chi connectivity index (χ1) is 13.1. The standard InChI is InChI=1S/C18H20N6O3/c1-12-20-16(24-23-12)5-2-10-19-18(26)22-14-8-6-13(7-9-14)21-17(25)15-4-3-11-27-15/h3-4,6-9,11H,2,5,10H2,1H3,(H,21,25)(H2,19,22,26)(H,20,23,24). The fraction of sp³-hybridized carbons (Fsp3) is 0.222. The number of hydrogen-bond donors (Lipinski definition) is 4. The molecule has 0 aliphatic carbocycles. The summed E-state index contributed by atoms with van der Waals surface area (Å²) in [6.07, 6.45) is 2.87. The van der Waals surface area contributed by atoms with Crippen molar-refractivity contribution in [3.05, 3.63) is 60.1 Å². The Hall–Kier alpha value is -3.62. The molecule has 0 radical (unpaired) electrons. The number of carbonyl (C=O) groups is 2. The molecule has 1 aromatic carbocycles. The SMILES string of the molecule is Cc1nc(CCCNC(=O)Nc2ccc(NC(=O)c3ccco3)cc2)n[nH]1. The number of aromatic amines is 1. The first kappa shape index (κ1) is 18.2. The topological polar surface area (TPSA) is 125 Å². The van der Waals surface area contributed by atoms with Crippen molar-refractivity contribution in [3.63, 3.8) is 0 Å². The average molecular weight is 368 g/mol. The lowest BCUT2D eigenvalue weighted by Gasteiger charge is -2.08. The van der Waals surface area contributed by atoms with Crippen molar-refractivity contribution in [1.82, 2.24) is 20.5 Å². The molecule has 0 aliphatic heterocycles. The van der Waals surface area contributed by atoms with Crippen molar-refractivity contribution in [2.24, 2.45) is 0 Å². The zero-order valence-electron chi connectivity index (χ0n) is 14.8. The minimum Gasteiger partial charge on any atom is -0.459 e. The Morgan fingerprint density at radius 3 is 2.48 bits per heavy atom. The molecule has 27 heavy (non-hydrogen) atoms. The minimum absolute atomic E-state index is 0.233. The van der Waals surface area contributed by atoms with Gasteiger partial charge in [0.15, 0.2) is 11.6 Å². The van der Waals surface area contributed by atoms with Crippen molar-refractivity contribution in [1.29, 1.82) is 0 Å². The number of aromatic nitrogens is 3. The summed E-state index contributed by atoms with van der Waals surface area (Å²) < 4.78 is 5.03. The molecule has 9 nitrogen and oxygen atoms in total. The van der Waals surface area contributed by atoms with Crippen molar-refractivity contribution in [3.8, 4) is 0 Å². The van der Waals surface area contributed by atoms with Gasteiger partial charge in [0.1, 0.15) is 5.82 Å². The van der Waals surface area contributed by atoms with Crippen LogP contribution in [0.5, 0.6) is 0 Å². The largest absolute Gasteiger partial charge is 0.459 e. The van der Waals surface area contributed by atoms with E-state index in [1.165, 1.54) is 6.26 Å². The Morgan fingerprint density at radius 2 is 1.85 bits per heavy atom. The molecule has 2 heterocycles. The molecule has 4 N–H and O–H groups in total. The molecule has 3 amide bonds. The van der Waals surface area contributed by atoms with Crippen LogP contribution in [0.3, 0.4) is 0 Å². The molecule has 0 fully saturated rings. The van der Waals surface area contributed by atoms with Gasteiger partial charge in [0, 0.05) is 24.3 Å². The molecule has 3 aromatic rings. The highest BCUT2D eigenvalue weighted by Crippen LogP contribution is 2.14. The van der Waals surface area contributed by atoms with E-state index in [2.05, 4.69) is 31.1 Å². The number of amides is 3. The van der Waals surface area contributed by atoms with E-state index in [0.29, 0.717) is 24.3 Å². The summed E-state index contributed by atoms with van der Waals surface area (Å²) in [7, 11) is 0. The fourth-order valence-corrected chi connectivity index (χ4v) is 2.36. The molecule has 140 valence electrons. The lowest BCUT2D eigenvalue weighted by atomic mass is 10.2. The Bertz CT molecular complexity index is 886. The number of urea groups is 1. The maximum absolute atomic E-state index is 11.9. The van der Waals surface area contributed by atoms with E-state index >= 15 is 0 Å². The molecule has 9 heteroatoms. The number of rotatable bonds is 7. The van der Waals surface area contributed by atoms with E-state index in [9.17, 15) is 9.59 Å². The molecular formula is C18H20N6O3. The van der Waals surface area contributed by atoms with Crippen LogP contribution in [0.4, 0.5) is 16.2 Å². The highest BCUT2D eigenvalue weighted by Gasteiger charge is 2.09. The third-order valence-electron chi connectivity index (χ3n) is 3.65. The average Bonchev–Trinajstić information content (AvgIpc) is 3.32. The Kier molecular flexibility index (Phi) is 5.83. The highest BCUT2D eigenvalue weighted by molar-refractivity contribution is 6.02. The molecule has 0 aliphatic rings. The van der Waals surface area contributed by atoms with Gasteiger partial charge in [-0.05, 0) is 49.7 Å². The molecular weight excluding hydrogens is 348 g/mol. The number of H-pyrrole nitrogens is 1. The third-order valence-corrected chi connectivity index (χ3v) is 3.65. The Morgan fingerprint density at radius 1 is 1.11 bits per heavy atom. The second-order valence-electron chi connectivity index (χ2n) is 5.83. The lowest BCUT2D eigenvalue weighted by molar-refractivity contribution is 0.0996. The monoisotopic (exact) mass is 368 g/mol. The van der Waals surface area contributed by atoms with Crippen LogP contribution in [-0.4, -0.2) is 33.7 Å². The second kappa shape index (κ2) is 8.65. The van der Waals surface area contributed by atoms with Crippen LogP contribution in [-0.2, 0) is 6.42 Å². The van der Waals surface area contributed by atoms with Gasteiger partial charge in [-0.1, -0.05) is 0 Å². The van der Waals surface area contributed by atoms with Gasteiger partial charge >= 0.3 is 6.03 Å². The summed E-state index contributed by atoms with van der Waals surface area (Å²) in [5.74, 6) is 1.42. The number of hydrogen-bond acceptors (Lipinski definition) is 5. The highest BCUT2D eigenvalue weighted by atomic mass is 16.3. The van der Waals surface area contributed by atoms with Gasteiger partial charge in [0.25, 0.3) is 5.91 Å². The molecule has 0 saturated heterocycles. The van der Waals surface area contributed by atoms with Crippen molar-refractivity contribution >= 4 is 23.3 Å². The Balaban J connectivity index is 1.39. The molecule has 0 atom stereocenters. The first-order valence-electron chi connectivity index (χ1n) is 8.48. The number of nitrogens with zero attached hydrogens (tertiary/aromatic N) is 2. The fourth-order valence-electron chi connectivity index (χ4n) is 2.36. The van der Waals surface area contributed by atoms with Crippen LogP contribution < -0.4 is 16.0 Å². The van der Waals surface area contributed by atoms with E-state index in [-0.39, 0.29) is 17.7 Å². The summed E-state index contributed by atoms with van der Waals surface area (Å²) >= 11 is 0. The molecule has 2 aromatic heterocycles. The first-order valence-corrected chi connectivity index (χ1v) is 8.48. The van der Waals surface area contributed by atoms with Gasteiger partial charge in [-0.15, -0.1) is 0 Å². The smallest absolute Gasteiger partial charge is 0.319 e. The van der Waals surface area contributed by atoms with E-state index < -0.39 is 0 Å². The quantitative estimate of drug-likeness (QED) is 0.477. The van der Waals surface area contributed by atoms with Crippen LogP contribution in [0, 0.1) is 6.92 Å². The lowest BCUT2D eigenvalue weighted by Crippen LogP contribution is -2.29. The predicted octanol–water partition coefficient (Wildman–Crippen LogP) is 2.71. The summed E-state index contributed by atoms with van der Waals surface area (Å²) in [6.45, 7) is 2.35. The summed E-state index contributed by atoms with van der Waals surface area (Å²) in [5.41, 5.74) is 1.22. The van der Waals surface area contributed by atoms with Gasteiger partial charge in [-0.25, -0.2) is 9.78 Å². The van der Waals surface area contributed by atoms with E-state index in [1.807, 2.05) is 6.92 Å². The molecule has 0 saturated carbocycles. The van der Waals surface area contributed by atoms with Crippen LogP contribution in [0.2, 0.25) is 0 Å². The van der Waals surface area contributed by atoms with Gasteiger partial charge in [-0.3, -0.25) is 9.89 Å². The Labute approximate surface area is 155 Å². The maximum atomic E-state index is 11.9. The number of benzene rings is 1. The van der Waals surface area contributed by atoms with Gasteiger partial charge in [-0.2, -0.15) is 5.10 Å². The zero-order chi connectivity index (χ0) is 19.1. The van der Waals surface area contributed by atoms with E-state index in [0.717, 1.165) is 18.1 Å². The normalized spacial score (nSPS) is 10.4. The van der Waals surface area contributed by atoms with Gasteiger partial charge in [0.2, 0.25) is 0 Å². The number of carbonyl (C=O) groups excluding carboxylic acids is 2. The molecule has 0 bridgehead atoms. The van der Waals surface area contributed by atoms with Crippen molar-refractivity contribution in [2.75, 3.05) is 17.2 Å². The van der Waals surface area contributed by atoms with E-state index in [1.54, 1.807) is 36.4 Å². The molecule has 3 rings (SSSR count). The number of nitrogens with one attached hydrogen (secondary N) is 4. The van der Waals surface area contributed by atoms with Gasteiger partial charge < -0.3 is 20.4 Å². The van der Waals surface area contributed by atoms with Crippen molar-refractivity contribution < 1.29 is 14.0 Å². The summed E-state index contributed by atoms with van der Waals surface area (Å²) in [4.78, 5) is 28.0. The van der Waals surface area contributed by atoms with Gasteiger partial charge in [0.05, 0.1) is 6.26 Å². The van der Waals surface area contributed by atoms with Crippen molar-refractivity contribution in [2.45, 2.75) is 19.8 Å². The third kappa shape index (κ3) is 5.43. The molecule has 0 spiro atoms. The number of furan rings is 1. The number of anilines is 2. The van der Waals surface area contributed by atoms with E-state index in [4.69, 9.17) is 4.42 Å². The number of aryl methyl sites for hydroxylation is 2. The second-order valence-corrected chi connectivity index (χ2v) is 5.83. The van der Waals surface area contributed by atoms with Crippen LogP contribution in [0.15, 0.2) is 47.1 Å². The zero-order valence-corrected chi connectivity index (χ0v) is 14.8.